The van der Waals surface area contributed by atoms with Gasteiger partial charge in [0.05, 0.1) is 6.10 Å². The molecule has 3 heteroatoms. The maximum absolute atomic E-state index is 5.90. The SMILES string of the molecule is NCC(CCCC1CCCO1)Cc1ccc(Br)cc1. The van der Waals surface area contributed by atoms with Crippen LogP contribution in [0.2, 0.25) is 0 Å². The summed E-state index contributed by atoms with van der Waals surface area (Å²) < 4.78 is 6.80. The first-order valence-corrected chi connectivity index (χ1v) is 8.13. The fraction of sp³-hybridized carbons (Fsp3) is 0.625. The average molecular weight is 326 g/mol. The quantitative estimate of drug-likeness (QED) is 0.824. The van der Waals surface area contributed by atoms with Crippen LogP contribution in [0, 0.1) is 5.92 Å². The van der Waals surface area contributed by atoms with E-state index in [0.29, 0.717) is 12.0 Å². The first-order valence-electron chi connectivity index (χ1n) is 7.34. The Labute approximate surface area is 124 Å². The molecule has 1 saturated heterocycles. The van der Waals surface area contributed by atoms with Crippen molar-refractivity contribution in [3.8, 4) is 0 Å². The van der Waals surface area contributed by atoms with Gasteiger partial charge in [-0.3, -0.25) is 0 Å². The minimum absolute atomic E-state index is 0.520. The van der Waals surface area contributed by atoms with Crippen molar-refractivity contribution >= 4 is 15.9 Å². The van der Waals surface area contributed by atoms with Gasteiger partial charge in [-0.05, 0) is 62.3 Å². The highest BCUT2D eigenvalue weighted by Gasteiger charge is 2.16. The minimum atomic E-state index is 0.520. The van der Waals surface area contributed by atoms with E-state index in [4.69, 9.17) is 10.5 Å². The van der Waals surface area contributed by atoms with E-state index in [1.54, 1.807) is 0 Å². The van der Waals surface area contributed by atoms with Crippen LogP contribution in [0.15, 0.2) is 28.7 Å². The highest BCUT2D eigenvalue weighted by atomic mass is 79.9. The van der Waals surface area contributed by atoms with Crippen molar-refractivity contribution in [1.29, 1.82) is 0 Å². The first-order chi connectivity index (χ1) is 9.28. The lowest BCUT2D eigenvalue weighted by Crippen LogP contribution is -2.17. The second kappa shape index (κ2) is 8.03. The molecule has 2 unspecified atom stereocenters. The Bertz CT molecular complexity index is 360. The van der Waals surface area contributed by atoms with Crippen LogP contribution >= 0.6 is 15.9 Å². The zero-order valence-electron chi connectivity index (χ0n) is 11.5. The van der Waals surface area contributed by atoms with Crippen molar-refractivity contribution in [1.82, 2.24) is 0 Å². The van der Waals surface area contributed by atoms with E-state index in [-0.39, 0.29) is 0 Å². The molecular weight excluding hydrogens is 302 g/mol. The molecule has 0 aromatic heterocycles. The number of ether oxygens (including phenoxy) is 1. The molecule has 106 valence electrons. The van der Waals surface area contributed by atoms with Gasteiger partial charge in [0.2, 0.25) is 0 Å². The highest BCUT2D eigenvalue weighted by Crippen LogP contribution is 2.21. The molecule has 0 aliphatic carbocycles. The molecule has 1 aliphatic heterocycles. The molecule has 0 radical (unpaired) electrons. The molecule has 1 fully saturated rings. The molecule has 2 N–H and O–H groups in total. The molecule has 0 bridgehead atoms. The molecular formula is C16H24BrNO. The summed E-state index contributed by atoms with van der Waals surface area (Å²) in [6.07, 6.45) is 7.76. The molecule has 1 heterocycles. The predicted octanol–water partition coefficient (Wildman–Crippen LogP) is 3.92. The van der Waals surface area contributed by atoms with Crippen molar-refractivity contribution in [2.75, 3.05) is 13.2 Å². The highest BCUT2D eigenvalue weighted by molar-refractivity contribution is 9.10. The van der Waals surface area contributed by atoms with Gasteiger partial charge in [-0.15, -0.1) is 0 Å². The third kappa shape index (κ3) is 5.25. The van der Waals surface area contributed by atoms with Gasteiger partial charge in [0.15, 0.2) is 0 Å². The summed E-state index contributed by atoms with van der Waals surface area (Å²) in [5, 5.41) is 0. The van der Waals surface area contributed by atoms with E-state index >= 15 is 0 Å². The van der Waals surface area contributed by atoms with E-state index in [1.807, 2.05) is 0 Å². The Morgan fingerprint density at radius 1 is 1.32 bits per heavy atom. The van der Waals surface area contributed by atoms with Gasteiger partial charge in [0.25, 0.3) is 0 Å². The van der Waals surface area contributed by atoms with Crippen LogP contribution in [0.1, 0.15) is 37.7 Å². The van der Waals surface area contributed by atoms with E-state index in [2.05, 4.69) is 40.2 Å². The van der Waals surface area contributed by atoms with Gasteiger partial charge >= 0.3 is 0 Å². The van der Waals surface area contributed by atoms with Crippen LogP contribution in [0.3, 0.4) is 0 Å². The monoisotopic (exact) mass is 325 g/mol. The largest absolute Gasteiger partial charge is 0.378 e. The third-order valence-corrected chi connectivity index (χ3v) is 4.46. The number of halogens is 1. The van der Waals surface area contributed by atoms with Crippen molar-refractivity contribution in [2.45, 2.75) is 44.6 Å². The van der Waals surface area contributed by atoms with Gasteiger partial charge in [0, 0.05) is 11.1 Å². The minimum Gasteiger partial charge on any atom is -0.378 e. The van der Waals surface area contributed by atoms with Crippen molar-refractivity contribution in [2.24, 2.45) is 11.7 Å². The Kier molecular flexibility index (Phi) is 6.35. The van der Waals surface area contributed by atoms with Gasteiger partial charge in [-0.1, -0.05) is 34.5 Å². The number of nitrogens with two attached hydrogens (primary N) is 1. The summed E-state index contributed by atoms with van der Waals surface area (Å²) in [5.74, 6) is 0.600. The maximum atomic E-state index is 5.90. The van der Waals surface area contributed by atoms with Gasteiger partial charge in [-0.25, -0.2) is 0 Å². The third-order valence-electron chi connectivity index (χ3n) is 3.93. The Balaban J connectivity index is 1.71. The molecule has 19 heavy (non-hydrogen) atoms. The molecule has 0 saturated carbocycles. The fourth-order valence-corrected chi connectivity index (χ4v) is 3.03. The molecule has 2 nitrogen and oxygen atoms in total. The lowest BCUT2D eigenvalue weighted by Gasteiger charge is -2.16. The summed E-state index contributed by atoms with van der Waals surface area (Å²) in [5.41, 5.74) is 7.29. The Morgan fingerprint density at radius 3 is 2.74 bits per heavy atom. The first kappa shape index (κ1) is 15.0. The summed E-state index contributed by atoms with van der Waals surface area (Å²) in [6.45, 7) is 1.74. The molecule has 1 aromatic rings. The average Bonchev–Trinajstić information content (AvgIpc) is 2.93. The van der Waals surface area contributed by atoms with Crippen molar-refractivity contribution in [3.05, 3.63) is 34.3 Å². The summed E-state index contributed by atoms with van der Waals surface area (Å²) in [6, 6.07) is 8.59. The Hall–Kier alpha value is -0.380. The number of hydrogen-bond acceptors (Lipinski definition) is 2. The zero-order valence-corrected chi connectivity index (χ0v) is 13.1. The Morgan fingerprint density at radius 2 is 2.11 bits per heavy atom. The van der Waals surface area contributed by atoms with E-state index < -0.39 is 0 Å². The number of hydrogen-bond donors (Lipinski definition) is 1. The standard InChI is InChI=1S/C16H24BrNO/c17-15-8-6-13(7-9-15)11-14(12-18)3-1-4-16-5-2-10-19-16/h6-9,14,16H,1-5,10-12,18H2. The van der Waals surface area contributed by atoms with Crippen LogP contribution in [-0.2, 0) is 11.2 Å². The van der Waals surface area contributed by atoms with Crippen LogP contribution in [0.25, 0.3) is 0 Å². The molecule has 2 atom stereocenters. The maximum Gasteiger partial charge on any atom is 0.0576 e. The van der Waals surface area contributed by atoms with E-state index in [9.17, 15) is 0 Å². The van der Waals surface area contributed by atoms with Crippen molar-refractivity contribution in [3.63, 3.8) is 0 Å². The molecule has 0 amide bonds. The molecule has 2 rings (SSSR count). The summed E-state index contributed by atoms with van der Waals surface area (Å²) >= 11 is 3.47. The van der Waals surface area contributed by atoms with Gasteiger partial charge in [0.1, 0.15) is 0 Å². The lowest BCUT2D eigenvalue weighted by atomic mass is 9.93. The van der Waals surface area contributed by atoms with Crippen LogP contribution in [-0.4, -0.2) is 19.3 Å². The predicted molar refractivity (Wildman–Crippen MR) is 83.2 cm³/mol. The zero-order chi connectivity index (χ0) is 13.5. The second-order valence-electron chi connectivity index (χ2n) is 5.50. The molecule has 0 spiro atoms. The smallest absolute Gasteiger partial charge is 0.0576 e. The topological polar surface area (TPSA) is 35.2 Å². The molecule has 1 aromatic carbocycles. The number of benzene rings is 1. The summed E-state index contributed by atoms with van der Waals surface area (Å²) in [7, 11) is 0. The van der Waals surface area contributed by atoms with Crippen LogP contribution < -0.4 is 5.73 Å². The van der Waals surface area contributed by atoms with Crippen LogP contribution in [0.5, 0.6) is 0 Å². The van der Waals surface area contributed by atoms with Gasteiger partial charge in [-0.2, -0.15) is 0 Å². The van der Waals surface area contributed by atoms with Crippen molar-refractivity contribution < 1.29 is 4.74 Å². The fourth-order valence-electron chi connectivity index (χ4n) is 2.76. The summed E-state index contributed by atoms with van der Waals surface area (Å²) in [4.78, 5) is 0. The van der Waals surface area contributed by atoms with Crippen LogP contribution in [0.4, 0.5) is 0 Å². The second-order valence-corrected chi connectivity index (χ2v) is 6.41. The lowest BCUT2D eigenvalue weighted by molar-refractivity contribution is 0.101. The molecule has 1 aliphatic rings. The van der Waals surface area contributed by atoms with E-state index in [0.717, 1.165) is 24.0 Å². The normalized spacial score (nSPS) is 20.6. The number of rotatable bonds is 7. The van der Waals surface area contributed by atoms with E-state index in [1.165, 1.54) is 37.7 Å². The van der Waals surface area contributed by atoms with Gasteiger partial charge < -0.3 is 10.5 Å².